The Labute approximate surface area is 139 Å². The average Bonchev–Trinajstić information content (AvgIpc) is 3.19. The summed E-state index contributed by atoms with van der Waals surface area (Å²) in [6, 6.07) is 6.11. The van der Waals surface area contributed by atoms with Crippen LogP contribution in [-0.4, -0.2) is 33.4 Å². The van der Waals surface area contributed by atoms with Crippen molar-refractivity contribution in [1.29, 1.82) is 0 Å². The molecule has 4 rings (SSSR count). The summed E-state index contributed by atoms with van der Waals surface area (Å²) in [5, 5.41) is 5.70. The van der Waals surface area contributed by atoms with Gasteiger partial charge >= 0.3 is 0 Å². The molecule has 1 saturated heterocycles. The summed E-state index contributed by atoms with van der Waals surface area (Å²) in [5.74, 6) is 1.53. The predicted molar refractivity (Wildman–Crippen MR) is 91.0 cm³/mol. The van der Waals surface area contributed by atoms with Gasteiger partial charge in [0.2, 0.25) is 0 Å². The van der Waals surface area contributed by atoms with Crippen molar-refractivity contribution in [3.63, 3.8) is 0 Å². The van der Waals surface area contributed by atoms with Gasteiger partial charge in [-0.15, -0.1) is 11.3 Å². The summed E-state index contributed by atoms with van der Waals surface area (Å²) >= 11 is 1.45. The third-order valence-electron chi connectivity index (χ3n) is 4.89. The van der Waals surface area contributed by atoms with Gasteiger partial charge in [-0.1, -0.05) is 18.9 Å². The number of pyridine rings is 1. The Kier molecular flexibility index (Phi) is 3.99. The van der Waals surface area contributed by atoms with E-state index < -0.39 is 0 Å². The van der Waals surface area contributed by atoms with E-state index in [0.29, 0.717) is 22.8 Å². The summed E-state index contributed by atoms with van der Waals surface area (Å²) in [6.07, 6.45) is 8.07. The molecule has 1 amide bonds. The first-order chi connectivity index (χ1) is 11.3. The predicted octanol–water partition coefficient (Wildman–Crippen LogP) is 3.69. The molecule has 23 heavy (non-hydrogen) atoms. The van der Waals surface area contributed by atoms with E-state index in [1.165, 1.54) is 37.0 Å². The van der Waals surface area contributed by atoms with Crippen LogP contribution in [0.1, 0.15) is 42.6 Å². The smallest absolute Gasteiger partial charge is 0.273 e. The minimum atomic E-state index is 0.0819. The van der Waals surface area contributed by atoms with Crippen LogP contribution >= 0.6 is 11.3 Å². The summed E-state index contributed by atoms with van der Waals surface area (Å²) in [5.41, 5.74) is 0.552. The second kappa shape index (κ2) is 6.28. The molecule has 1 saturated carbocycles. The lowest BCUT2D eigenvalue weighted by Gasteiger charge is -2.44. The maximum absolute atomic E-state index is 12.7. The van der Waals surface area contributed by atoms with Crippen molar-refractivity contribution in [2.45, 2.75) is 38.1 Å². The van der Waals surface area contributed by atoms with Gasteiger partial charge < -0.3 is 10.2 Å². The molecule has 1 unspecified atom stereocenters. The van der Waals surface area contributed by atoms with Gasteiger partial charge in [0.05, 0.1) is 0 Å². The maximum atomic E-state index is 12.7. The van der Waals surface area contributed by atoms with E-state index in [2.05, 4.69) is 15.3 Å². The van der Waals surface area contributed by atoms with Gasteiger partial charge in [-0.3, -0.25) is 4.79 Å². The molecule has 2 aliphatic rings. The first-order valence-corrected chi connectivity index (χ1v) is 9.14. The second-order valence-electron chi connectivity index (χ2n) is 6.28. The Balaban J connectivity index is 1.43. The quantitative estimate of drug-likeness (QED) is 0.930. The lowest BCUT2D eigenvalue weighted by molar-refractivity contribution is 0.0303. The Morgan fingerprint density at radius 1 is 1.26 bits per heavy atom. The molecule has 0 spiro atoms. The van der Waals surface area contributed by atoms with Gasteiger partial charge in [-0.05, 0) is 37.3 Å². The number of carbonyl (C=O) groups is 1. The summed E-state index contributed by atoms with van der Waals surface area (Å²) in [4.78, 5) is 23.4. The van der Waals surface area contributed by atoms with Gasteiger partial charge in [0, 0.05) is 24.2 Å². The van der Waals surface area contributed by atoms with E-state index in [4.69, 9.17) is 0 Å². The van der Waals surface area contributed by atoms with Crippen molar-refractivity contribution in [2.75, 3.05) is 11.9 Å². The molecule has 6 heteroatoms. The van der Waals surface area contributed by atoms with Gasteiger partial charge in [0.15, 0.2) is 5.13 Å². The van der Waals surface area contributed by atoms with Gasteiger partial charge in [0.25, 0.3) is 5.91 Å². The first kappa shape index (κ1) is 14.6. The molecule has 0 aromatic carbocycles. The molecule has 2 aromatic rings. The molecule has 2 aromatic heterocycles. The van der Waals surface area contributed by atoms with Crippen LogP contribution in [-0.2, 0) is 0 Å². The number of carbonyl (C=O) groups excluding carboxylic acids is 1. The highest BCUT2D eigenvalue weighted by atomic mass is 32.1. The van der Waals surface area contributed by atoms with Crippen LogP contribution in [0.25, 0.3) is 0 Å². The monoisotopic (exact) mass is 328 g/mol. The van der Waals surface area contributed by atoms with E-state index >= 15 is 0 Å². The zero-order valence-electron chi connectivity index (χ0n) is 12.9. The molecule has 1 aliphatic carbocycles. The summed E-state index contributed by atoms with van der Waals surface area (Å²) in [6.45, 7) is 0.876. The highest BCUT2D eigenvalue weighted by Crippen LogP contribution is 2.37. The minimum Gasteiger partial charge on any atom is -0.334 e. The number of hydrogen-bond acceptors (Lipinski definition) is 5. The highest BCUT2D eigenvalue weighted by molar-refractivity contribution is 7.14. The molecule has 1 N–H and O–H groups in total. The molecule has 0 radical (unpaired) electrons. The van der Waals surface area contributed by atoms with Crippen LogP contribution in [0.5, 0.6) is 0 Å². The van der Waals surface area contributed by atoms with Crippen molar-refractivity contribution < 1.29 is 4.79 Å². The van der Waals surface area contributed by atoms with Crippen LogP contribution in [0.3, 0.4) is 0 Å². The fraction of sp³-hybridized carbons (Fsp3) is 0.471. The molecular weight excluding hydrogens is 308 g/mol. The standard InChI is InChI=1S/C17H20N4OS/c22-16(21-10-8-14(21)12-5-1-2-6-12)13-11-23-17(19-13)20-15-7-3-4-9-18-15/h3-4,7,9,11-12,14H,1-2,5-6,8,10H2,(H,18,19,20). The van der Waals surface area contributed by atoms with Crippen LogP contribution in [0.15, 0.2) is 29.8 Å². The zero-order chi connectivity index (χ0) is 15.6. The van der Waals surface area contributed by atoms with E-state index in [9.17, 15) is 4.79 Å². The second-order valence-corrected chi connectivity index (χ2v) is 7.14. The van der Waals surface area contributed by atoms with Crippen molar-refractivity contribution in [1.82, 2.24) is 14.9 Å². The van der Waals surface area contributed by atoms with Gasteiger partial charge in [-0.25, -0.2) is 9.97 Å². The third-order valence-corrected chi connectivity index (χ3v) is 5.65. The zero-order valence-corrected chi connectivity index (χ0v) is 13.8. The number of nitrogens with one attached hydrogen (secondary N) is 1. The molecule has 5 nitrogen and oxygen atoms in total. The fourth-order valence-corrected chi connectivity index (χ4v) is 4.31. The number of likely N-dealkylation sites (tertiary alicyclic amines) is 1. The minimum absolute atomic E-state index is 0.0819. The number of anilines is 2. The van der Waals surface area contributed by atoms with Crippen molar-refractivity contribution in [3.8, 4) is 0 Å². The van der Waals surface area contributed by atoms with Gasteiger partial charge in [0.1, 0.15) is 11.5 Å². The number of rotatable bonds is 4. The Bertz CT molecular complexity index is 681. The number of hydrogen-bond donors (Lipinski definition) is 1. The number of amides is 1. The largest absolute Gasteiger partial charge is 0.334 e. The topological polar surface area (TPSA) is 58.1 Å². The van der Waals surface area contributed by atoms with E-state index in [-0.39, 0.29) is 5.91 Å². The summed E-state index contributed by atoms with van der Waals surface area (Å²) < 4.78 is 0. The Morgan fingerprint density at radius 3 is 2.83 bits per heavy atom. The first-order valence-electron chi connectivity index (χ1n) is 8.26. The number of nitrogens with zero attached hydrogens (tertiary/aromatic N) is 3. The molecule has 1 atom stereocenters. The maximum Gasteiger partial charge on any atom is 0.273 e. The molecule has 120 valence electrons. The fourth-order valence-electron chi connectivity index (χ4n) is 3.61. The third kappa shape index (κ3) is 2.95. The molecule has 0 bridgehead atoms. The van der Waals surface area contributed by atoms with Crippen LogP contribution in [0.4, 0.5) is 10.9 Å². The van der Waals surface area contributed by atoms with E-state index in [1.54, 1.807) is 6.20 Å². The lowest BCUT2D eigenvalue weighted by atomic mass is 9.87. The molecule has 3 heterocycles. The van der Waals surface area contributed by atoms with E-state index in [0.717, 1.165) is 18.8 Å². The number of aromatic nitrogens is 2. The summed E-state index contributed by atoms with van der Waals surface area (Å²) in [7, 11) is 0. The highest BCUT2D eigenvalue weighted by Gasteiger charge is 2.39. The van der Waals surface area contributed by atoms with Crippen molar-refractivity contribution in [2.24, 2.45) is 5.92 Å². The van der Waals surface area contributed by atoms with Crippen LogP contribution in [0.2, 0.25) is 0 Å². The van der Waals surface area contributed by atoms with Crippen molar-refractivity contribution >= 4 is 28.2 Å². The average molecular weight is 328 g/mol. The van der Waals surface area contributed by atoms with Crippen LogP contribution < -0.4 is 5.32 Å². The number of thiazole rings is 1. The van der Waals surface area contributed by atoms with Crippen molar-refractivity contribution in [3.05, 3.63) is 35.5 Å². The molecular formula is C17H20N4OS. The van der Waals surface area contributed by atoms with Gasteiger partial charge in [-0.2, -0.15) is 0 Å². The lowest BCUT2D eigenvalue weighted by Crippen LogP contribution is -2.54. The Morgan fingerprint density at radius 2 is 2.13 bits per heavy atom. The molecule has 2 fully saturated rings. The Hall–Kier alpha value is -1.95. The molecule has 1 aliphatic heterocycles. The van der Waals surface area contributed by atoms with E-state index in [1.807, 2.05) is 28.5 Å². The SMILES string of the molecule is O=C(c1csc(Nc2ccccn2)n1)N1CCC1C1CCCC1. The van der Waals surface area contributed by atoms with Crippen LogP contribution in [0, 0.1) is 5.92 Å². The normalized spacial score (nSPS) is 21.2.